The molecule has 1 atom stereocenters. The van der Waals surface area contributed by atoms with Crippen molar-refractivity contribution in [2.75, 3.05) is 24.0 Å². The Bertz CT molecular complexity index is 385. The highest BCUT2D eigenvalue weighted by Crippen LogP contribution is 2.21. The highest BCUT2D eigenvalue weighted by atomic mass is 32.2. The first-order chi connectivity index (χ1) is 8.07. The highest BCUT2D eigenvalue weighted by molar-refractivity contribution is 7.98. The van der Waals surface area contributed by atoms with Crippen LogP contribution in [0, 0.1) is 0 Å². The number of anilines is 1. The maximum Gasteiger partial charge on any atom is 0.337 e. The molecule has 1 aromatic heterocycles. The number of carboxylic acids is 1. The number of aromatic nitrogens is 1. The summed E-state index contributed by atoms with van der Waals surface area (Å²) in [5.74, 6) is 0.153. The number of aromatic carboxylic acids is 1. The van der Waals surface area contributed by atoms with Gasteiger partial charge in [0.2, 0.25) is 0 Å². The van der Waals surface area contributed by atoms with E-state index in [-0.39, 0.29) is 0 Å². The Morgan fingerprint density at radius 3 is 2.94 bits per heavy atom. The number of carboxylic acid groups (broad SMARTS) is 1. The van der Waals surface area contributed by atoms with Crippen LogP contribution in [0.4, 0.5) is 5.69 Å². The van der Waals surface area contributed by atoms with Crippen molar-refractivity contribution in [1.82, 2.24) is 4.98 Å². The van der Waals surface area contributed by atoms with E-state index >= 15 is 0 Å². The summed E-state index contributed by atoms with van der Waals surface area (Å²) < 4.78 is 0. The van der Waals surface area contributed by atoms with E-state index in [4.69, 9.17) is 5.11 Å². The van der Waals surface area contributed by atoms with Crippen LogP contribution in [0.2, 0.25) is 0 Å². The van der Waals surface area contributed by atoms with Crippen LogP contribution in [0.5, 0.6) is 0 Å². The van der Waals surface area contributed by atoms with Gasteiger partial charge < -0.3 is 10.0 Å². The smallest absolute Gasteiger partial charge is 0.337 e. The molecule has 0 aliphatic rings. The van der Waals surface area contributed by atoms with Crippen LogP contribution < -0.4 is 4.90 Å². The average molecular weight is 254 g/mol. The predicted octanol–water partition coefficient (Wildman–Crippen LogP) is 2.36. The first kappa shape index (κ1) is 13.8. The van der Waals surface area contributed by atoms with Crippen LogP contribution in [0.25, 0.3) is 0 Å². The van der Waals surface area contributed by atoms with Gasteiger partial charge in [-0.1, -0.05) is 0 Å². The molecule has 4 nitrogen and oxygen atoms in total. The SMILES string of the molecule is CSCCC(C)N(C)c1cnccc1C(=O)O. The number of pyridine rings is 1. The van der Waals surface area contributed by atoms with Gasteiger partial charge >= 0.3 is 5.97 Å². The van der Waals surface area contributed by atoms with Crippen LogP contribution in [0.1, 0.15) is 23.7 Å². The molecule has 5 heteroatoms. The molecule has 94 valence electrons. The first-order valence-electron chi connectivity index (χ1n) is 5.47. The van der Waals surface area contributed by atoms with E-state index in [0.717, 1.165) is 12.2 Å². The van der Waals surface area contributed by atoms with E-state index in [9.17, 15) is 4.79 Å². The lowest BCUT2D eigenvalue weighted by Crippen LogP contribution is -2.30. The zero-order valence-corrected chi connectivity index (χ0v) is 11.2. The molecule has 0 aliphatic heterocycles. The third-order valence-electron chi connectivity index (χ3n) is 2.81. The molecule has 0 saturated heterocycles. The highest BCUT2D eigenvalue weighted by Gasteiger charge is 2.17. The lowest BCUT2D eigenvalue weighted by Gasteiger charge is -2.27. The van der Waals surface area contributed by atoms with E-state index < -0.39 is 5.97 Å². The fourth-order valence-electron chi connectivity index (χ4n) is 1.57. The van der Waals surface area contributed by atoms with Gasteiger partial charge in [0, 0.05) is 19.3 Å². The maximum absolute atomic E-state index is 11.1. The van der Waals surface area contributed by atoms with Crippen LogP contribution in [0.15, 0.2) is 18.5 Å². The molecule has 1 unspecified atom stereocenters. The van der Waals surface area contributed by atoms with Crippen molar-refractivity contribution in [2.45, 2.75) is 19.4 Å². The second kappa shape index (κ2) is 6.49. The van der Waals surface area contributed by atoms with E-state index in [2.05, 4.69) is 18.2 Å². The van der Waals surface area contributed by atoms with Gasteiger partial charge in [-0.05, 0) is 31.4 Å². The van der Waals surface area contributed by atoms with Gasteiger partial charge in [0.15, 0.2) is 0 Å². The van der Waals surface area contributed by atoms with E-state index in [1.165, 1.54) is 12.3 Å². The monoisotopic (exact) mass is 254 g/mol. The van der Waals surface area contributed by atoms with Gasteiger partial charge in [0.25, 0.3) is 0 Å². The summed E-state index contributed by atoms with van der Waals surface area (Å²) in [5.41, 5.74) is 0.979. The van der Waals surface area contributed by atoms with Crippen molar-refractivity contribution in [3.05, 3.63) is 24.0 Å². The van der Waals surface area contributed by atoms with E-state index in [1.807, 2.05) is 11.9 Å². The van der Waals surface area contributed by atoms with Crippen molar-refractivity contribution < 1.29 is 9.90 Å². The van der Waals surface area contributed by atoms with Crippen molar-refractivity contribution in [2.24, 2.45) is 0 Å². The van der Waals surface area contributed by atoms with Gasteiger partial charge in [0.05, 0.1) is 17.4 Å². The summed E-state index contributed by atoms with van der Waals surface area (Å²) in [5, 5.41) is 9.11. The van der Waals surface area contributed by atoms with E-state index in [1.54, 1.807) is 18.0 Å². The van der Waals surface area contributed by atoms with Crippen LogP contribution in [-0.2, 0) is 0 Å². The summed E-state index contributed by atoms with van der Waals surface area (Å²) in [6, 6.07) is 1.83. The molecule has 0 amide bonds. The molecular formula is C12H18N2O2S. The van der Waals surface area contributed by atoms with Crippen molar-refractivity contribution in [3.8, 4) is 0 Å². The second-order valence-corrected chi connectivity index (χ2v) is 4.92. The van der Waals surface area contributed by atoms with Crippen molar-refractivity contribution in [3.63, 3.8) is 0 Å². The first-order valence-corrected chi connectivity index (χ1v) is 6.86. The summed E-state index contributed by atoms with van der Waals surface area (Å²) in [6.45, 7) is 2.09. The molecule has 0 fully saturated rings. The van der Waals surface area contributed by atoms with Gasteiger partial charge in [0.1, 0.15) is 0 Å². The Kier molecular flexibility index (Phi) is 5.28. The van der Waals surface area contributed by atoms with Crippen molar-refractivity contribution >= 4 is 23.4 Å². The summed E-state index contributed by atoms with van der Waals surface area (Å²) in [6.07, 6.45) is 6.21. The van der Waals surface area contributed by atoms with Crippen LogP contribution in [-0.4, -0.2) is 41.2 Å². The normalized spacial score (nSPS) is 12.2. The molecular weight excluding hydrogens is 236 g/mol. The molecule has 1 N–H and O–H groups in total. The Balaban J connectivity index is 2.87. The van der Waals surface area contributed by atoms with Gasteiger partial charge in [-0.15, -0.1) is 0 Å². The molecule has 1 rings (SSSR count). The van der Waals surface area contributed by atoms with Crippen LogP contribution in [0.3, 0.4) is 0 Å². The number of hydrogen-bond acceptors (Lipinski definition) is 4. The molecule has 1 heterocycles. The molecule has 0 radical (unpaired) electrons. The van der Waals surface area contributed by atoms with E-state index in [0.29, 0.717) is 17.3 Å². The molecule has 1 aromatic rings. The molecule has 0 aliphatic carbocycles. The van der Waals surface area contributed by atoms with Crippen LogP contribution >= 0.6 is 11.8 Å². The Morgan fingerprint density at radius 2 is 2.35 bits per heavy atom. The van der Waals surface area contributed by atoms with Gasteiger partial charge in [-0.25, -0.2) is 4.79 Å². The molecule has 0 spiro atoms. The summed E-state index contributed by atoms with van der Waals surface area (Å²) in [7, 11) is 1.91. The third-order valence-corrected chi connectivity index (χ3v) is 3.46. The number of carbonyl (C=O) groups is 1. The summed E-state index contributed by atoms with van der Waals surface area (Å²) >= 11 is 1.79. The minimum absolute atomic E-state index is 0.296. The zero-order chi connectivity index (χ0) is 12.8. The minimum atomic E-state index is -0.911. The number of thioether (sulfide) groups is 1. The average Bonchev–Trinajstić information content (AvgIpc) is 2.34. The topological polar surface area (TPSA) is 53.4 Å². The zero-order valence-electron chi connectivity index (χ0n) is 10.4. The minimum Gasteiger partial charge on any atom is -0.478 e. The molecule has 0 saturated carbocycles. The Hall–Kier alpha value is -1.23. The maximum atomic E-state index is 11.1. The summed E-state index contributed by atoms with van der Waals surface area (Å²) in [4.78, 5) is 17.1. The van der Waals surface area contributed by atoms with Crippen molar-refractivity contribution in [1.29, 1.82) is 0 Å². The quantitative estimate of drug-likeness (QED) is 0.844. The molecule has 0 aromatic carbocycles. The number of rotatable bonds is 6. The second-order valence-electron chi connectivity index (χ2n) is 3.94. The molecule has 0 bridgehead atoms. The van der Waals surface area contributed by atoms with Gasteiger partial charge in [-0.2, -0.15) is 11.8 Å². The standard InChI is InChI=1S/C12H18N2O2S/c1-9(5-7-17-3)14(2)11-8-13-6-4-10(11)12(15)16/h4,6,8-9H,5,7H2,1-3H3,(H,15,16). The Morgan fingerprint density at radius 1 is 1.65 bits per heavy atom. The number of nitrogens with zero attached hydrogens (tertiary/aromatic N) is 2. The number of hydrogen-bond donors (Lipinski definition) is 1. The molecule has 17 heavy (non-hydrogen) atoms. The lowest BCUT2D eigenvalue weighted by atomic mass is 10.1. The lowest BCUT2D eigenvalue weighted by molar-refractivity contribution is 0.0697. The Labute approximate surface area is 106 Å². The fourth-order valence-corrected chi connectivity index (χ4v) is 2.14. The third kappa shape index (κ3) is 3.63. The fraction of sp³-hybridized carbons (Fsp3) is 0.500. The van der Waals surface area contributed by atoms with Gasteiger partial charge in [-0.3, -0.25) is 4.98 Å². The largest absolute Gasteiger partial charge is 0.478 e. The predicted molar refractivity (Wildman–Crippen MR) is 72.1 cm³/mol.